The van der Waals surface area contributed by atoms with Gasteiger partial charge in [0.15, 0.2) is 0 Å². The molecule has 3 saturated carbocycles. The maximum Gasteiger partial charge on any atom is 0.119 e. The van der Waals surface area contributed by atoms with Crippen molar-refractivity contribution in [3.05, 3.63) is 60.2 Å². The number of ether oxygens (including phenoxy) is 3. The lowest BCUT2D eigenvalue weighted by atomic mass is 9.47. The molecule has 6 rings (SSSR count). The lowest BCUT2D eigenvalue weighted by Gasteiger charge is -2.58. The summed E-state index contributed by atoms with van der Waals surface area (Å²) in [6, 6.07) is 17.0. The number of fused-ring (bicyclic) bond motifs is 5. The molecule has 0 aromatic heterocycles. The van der Waals surface area contributed by atoms with Crippen LogP contribution in [0.4, 0.5) is 0 Å². The summed E-state index contributed by atoms with van der Waals surface area (Å²) in [5.74, 6) is 7.36. The van der Waals surface area contributed by atoms with E-state index in [0.29, 0.717) is 16.9 Å². The van der Waals surface area contributed by atoms with Crippen molar-refractivity contribution in [3.63, 3.8) is 0 Å². The molecule has 0 saturated heterocycles. The minimum Gasteiger partial charge on any atom is -0.494 e. The summed E-state index contributed by atoms with van der Waals surface area (Å²) in [6.07, 6.45) is 28.0. The molecule has 0 unspecified atom stereocenters. The minimum absolute atomic E-state index is 0.416. The first-order valence-electron chi connectivity index (χ1n) is 23.0. The molecule has 3 fully saturated rings. The maximum absolute atomic E-state index is 6.57. The molecule has 4 aliphatic carbocycles. The van der Waals surface area contributed by atoms with E-state index in [0.717, 1.165) is 86.1 Å². The zero-order chi connectivity index (χ0) is 38.0. The van der Waals surface area contributed by atoms with E-state index >= 15 is 0 Å². The van der Waals surface area contributed by atoms with Crippen molar-refractivity contribution in [2.24, 2.45) is 46.3 Å². The van der Waals surface area contributed by atoms with E-state index in [1.54, 1.807) is 5.57 Å². The van der Waals surface area contributed by atoms with Crippen LogP contribution in [0.25, 0.3) is 11.1 Å². The van der Waals surface area contributed by atoms with Gasteiger partial charge < -0.3 is 14.2 Å². The van der Waals surface area contributed by atoms with Crippen LogP contribution in [0, 0.1) is 46.3 Å². The molecule has 300 valence electrons. The lowest BCUT2D eigenvalue weighted by Crippen LogP contribution is -2.51. The Hall–Kier alpha value is -2.26. The zero-order valence-corrected chi connectivity index (χ0v) is 35.5. The highest BCUT2D eigenvalue weighted by atomic mass is 16.5. The number of rotatable bonds is 21. The van der Waals surface area contributed by atoms with Crippen molar-refractivity contribution in [2.45, 2.75) is 170 Å². The van der Waals surface area contributed by atoms with Crippen molar-refractivity contribution in [3.8, 4) is 22.6 Å². The normalized spacial score (nSPS) is 29.6. The van der Waals surface area contributed by atoms with Gasteiger partial charge in [0.25, 0.3) is 0 Å². The predicted octanol–water partition coefficient (Wildman–Crippen LogP) is 14.7. The third kappa shape index (κ3) is 10.2. The largest absolute Gasteiger partial charge is 0.494 e. The molecule has 3 heteroatoms. The average molecular weight is 739 g/mol. The Morgan fingerprint density at radius 3 is 1.91 bits per heavy atom. The van der Waals surface area contributed by atoms with E-state index in [1.165, 1.54) is 114 Å². The highest BCUT2D eigenvalue weighted by molar-refractivity contribution is 5.64. The summed E-state index contributed by atoms with van der Waals surface area (Å²) < 4.78 is 18.6. The highest BCUT2D eigenvalue weighted by Crippen LogP contribution is 2.67. The standard InChI is InChI=1S/C51H78O3/c1-7-8-9-12-34-52-43-23-18-40(19-24-43)41-20-25-44(26-21-41)53-35-13-10-11-14-36-54-45-30-32-50(5)42(37-45)22-27-46-48-29-28-47(39(4)17-15-16-38(2)3)51(48,6)33-31-49(46)50/h18-26,38-39,45-49H,7-17,27-37H2,1-6H3/t39-,45+,46+,47-,48+,49+,50+,51-/m1/s1. The van der Waals surface area contributed by atoms with Crippen molar-refractivity contribution in [1.82, 2.24) is 0 Å². The van der Waals surface area contributed by atoms with Crippen LogP contribution in [0.3, 0.4) is 0 Å². The third-order valence-corrected chi connectivity index (χ3v) is 15.2. The van der Waals surface area contributed by atoms with E-state index in [4.69, 9.17) is 14.2 Å². The quantitative estimate of drug-likeness (QED) is 0.0943. The van der Waals surface area contributed by atoms with Crippen LogP contribution < -0.4 is 9.47 Å². The van der Waals surface area contributed by atoms with E-state index in [1.807, 2.05) is 0 Å². The number of hydrogen-bond acceptors (Lipinski definition) is 3. The molecule has 2 aromatic carbocycles. The van der Waals surface area contributed by atoms with Crippen molar-refractivity contribution in [2.75, 3.05) is 19.8 Å². The Bertz CT molecular complexity index is 1430. The Kier molecular flexibility index (Phi) is 15.1. The Labute approximate surface area is 331 Å². The molecule has 8 atom stereocenters. The SMILES string of the molecule is CCCCCCOc1ccc(-c2ccc(OCCCCCCO[C@H]3CC[C@@]4(C)C(=CC[C@H]5[C@@H]6CC[C@H]([C@H](C)CCCC(C)C)[C@@]6(C)CC[C@@H]54)C3)cc2)cc1. The van der Waals surface area contributed by atoms with E-state index in [9.17, 15) is 0 Å². The minimum atomic E-state index is 0.416. The Morgan fingerprint density at radius 2 is 1.28 bits per heavy atom. The molecular weight excluding hydrogens is 661 g/mol. The van der Waals surface area contributed by atoms with Crippen molar-refractivity contribution < 1.29 is 14.2 Å². The lowest BCUT2D eigenvalue weighted by molar-refractivity contribution is -0.0641. The highest BCUT2D eigenvalue weighted by Gasteiger charge is 2.59. The molecule has 0 aliphatic heterocycles. The molecule has 0 heterocycles. The molecule has 0 spiro atoms. The number of hydrogen-bond donors (Lipinski definition) is 0. The summed E-state index contributed by atoms with van der Waals surface area (Å²) in [5.41, 5.74) is 5.18. The van der Waals surface area contributed by atoms with Crippen molar-refractivity contribution >= 4 is 0 Å². The maximum atomic E-state index is 6.57. The molecule has 4 aliphatic rings. The fourth-order valence-corrected chi connectivity index (χ4v) is 12.0. The smallest absolute Gasteiger partial charge is 0.119 e. The van der Waals surface area contributed by atoms with Crippen LogP contribution in [-0.2, 0) is 4.74 Å². The van der Waals surface area contributed by atoms with Crippen LogP contribution in [0.5, 0.6) is 11.5 Å². The van der Waals surface area contributed by atoms with Gasteiger partial charge in [0, 0.05) is 6.61 Å². The fraction of sp³-hybridized carbons (Fsp3) is 0.725. The third-order valence-electron chi connectivity index (χ3n) is 15.2. The molecule has 0 radical (unpaired) electrons. The molecule has 54 heavy (non-hydrogen) atoms. The summed E-state index contributed by atoms with van der Waals surface area (Å²) in [7, 11) is 0. The number of benzene rings is 2. The second kappa shape index (κ2) is 19.7. The van der Waals surface area contributed by atoms with Crippen LogP contribution in [0.2, 0.25) is 0 Å². The molecular formula is C51H78O3. The van der Waals surface area contributed by atoms with Gasteiger partial charge in [-0.1, -0.05) is 122 Å². The van der Waals surface area contributed by atoms with Crippen molar-refractivity contribution in [1.29, 1.82) is 0 Å². The average Bonchev–Trinajstić information content (AvgIpc) is 3.53. The Balaban J connectivity index is 0.854. The first-order valence-corrected chi connectivity index (χ1v) is 23.0. The summed E-state index contributed by atoms with van der Waals surface area (Å²) in [4.78, 5) is 0. The predicted molar refractivity (Wildman–Crippen MR) is 228 cm³/mol. The van der Waals surface area contributed by atoms with Gasteiger partial charge in [-0.25, -0.2) is 0 Å². The topological polar surface area (TPSA) is 27.7 Å². The molecule has 2 aromatic rings. The summed E-state index contributed by atoms with van der Waals surface area (Å²) >= 11 is 0. The second-order valence-corrected chi connectivity index (χ2v) is 19.2. The van der Waals surface area contributed by atoms with Crippen LogP contribution in [0.15, 0.2) is 60.2 Å². The zero-order valence-electron chi connectivity index (χ0n) is 35.5. The summed E-state index contributed by atoms with van der Waals surface area (Å²) in [6.45, 7) is 17.5. The first kappa shape index (κ1) is 41.4. The van der Waals surface area contributed by atoms with E-state index < -0.39 is 0 Å². The van der Waals surface area contributed by atoms with Gasteiger partial charge in [-0.2, -0.15) is 0 Å². The van der Waals surface area contributed by atoms with Gasteiger partial charge in [0.1, 0.15) is 11.5 Å². The molecule has 0 amide bonds. The first-order chi connectivity index (χ1) is 26.2. The monoisotopic (exact) mass is 739 g/mol. The molecule has 0 bridgehead atoms. The Morgan fingerprint density at radius 1 is 0.648 bits per heavy atom. The molecule has 3 nitrogen and oxygen atoms in total. The van der Waals surface area contributed by atoms with Gasteiger partial charge in [0.05, 0.1) is 19.3 Å². The van der Waals surface area contributed by atoms with E-state index in [2.05, 4.69) is 96.1 Å². The van der Waals surface area contributed by atoms with Gasteiger partial charge in [-0.05, 0) is 159 Å². The van der Waals surface area contributed by atoms with Crippen LogP contribution >= 0.6 is 0 Å². The van der Waals surface area contributed by atoms with E-state index in [-0.39, 0.29) is 0 Å². The fourth-order valence-electron chi connectivity index (χ4n) is 12.0. The number of unbranched alkanes of at least 4 members (excludes halogenated alkanes) is 6. The van der Waals surface area contributed by atoms with Gasteiger partial charge in [0.2, 0.25) is 0 Å². The second-order valence-electron chi connectivity index (χ2n) is 19.2. The summed E-state index contributed by atoms with van der Waals surface area (Å²) in [5, 5.41) is 0. The van der Waals surface area contributed by atoms with Gasteiger partial charge in [-0.15, -0.1) is 0 Å². The van der Waals surface area contributed by atoms with Crippen LogP contribution in [-0.4, -0.2) is 25.9 Å². The van der Waals surface area contributed by atoms with Gasteiger partial charge in [-0.3, -0.25) is 0 Å². The van der Waals surface area contributed by atoms with Crippen LogP contribution in [0.1, 0.15) is 164 Å². The van der Waals surface area contributed by atoms with Gasteiger partial charge >= 0.3 is 0 Å². The molecule has 0 N–H and O–H groups in total. The number of allylic oxidation sites excluding steroid dienone is 1.